The first kappa shape index (κ1) is 33.1. The quantitative estimate of drug-likeness (QED) is 0.284. The average molecular weight is 550 g/mol. The molecule has 2 nitrogen and oxygen atoms in total. The van der Waals surface area contributed by atoms with Crippen molar-refractivity contribution in [1.29, 1.82) is 0 Å². The molecule has 0 amide bonds. The van der Waals surface area contributed by atoms with Crippen LogP contribution in [0.4, 0.5) is 14.5 Å². The molecule has 1 aliphatic carbocycles. The Kier molecular flexibility index (Phi) is 14.5. The summed E-state index contributed by atoms with van der Waals surface area (Å²) in [6, 6.07) is 19.8. The number of hydrogen-bond acceptors (Lipinski definition) is 2. The monoisotopic (exact) mass is 549 g/mol. The third-order valence-electron chi connectivity index (χ3n) is 7.38. The molecule has 0 heterocycles. The number of nitrogen functional groups attached to an aromatic ring is 1. The van der Waals surface area contributed by atoms with Gasteiger partial charge in [0.2, 0.25) is 0 Å². The molecule has 4 rings (SSSR count). The summed E-state index contributed by atoms with van der Waals surface area (Å²) in [6.45, 7) is 10.7. The molecule has 0 spiro atoms. The Hall–Kier alpha value is -3.14. The van der Waals surface area contributed by atoms with Crippen molar-refractivity contribution in [2.45, 2.75) is 86.0 Å². The Balaban J connectivity index is 0.000000394. The molecule has 0 saturated heterocycles. The van der Waals surface area contributed by atoms with Crippen LogP contribution in [0.15, 0.2) is 60.7 Å². The van der Waals surface area contributed by atoms with Gasteiger partial charge < -0.3 is 10.5 Å². The van der Waals surface area contributed by atoms with Gasteiger partial charge in [0, 0.05) is 11.3 Å². The van der Waals surface area contributed by atoms with Crippen molar-refractivity contribution in [2.24, 2.45) is 5.92 Å². The molecular weight excluding hydrogens is 500 g/mol. The van der Waals surface area contributed by atoms with Crippen LogP contribution < -0.4 is 10.5 Å². The lowest BCUT2D eigenvalue weighted by Crippen LogP contribution is -2.00. The zero-order chi connectivity index (χ0) is 29.5. The predicted molar refractivity (Wildman–Crippen MR) is 169 cm³/mol. The standard InChI is InChI=1S/C25H24FNO.C7H16.C4H9F/c1-16-9-11-17(12-10-16)24-20-14-13-19(27)15-18(20)5-3-6-21(24)22-7-4-8-23(26)25(22)28-2;1-4-6-7(3)5-2;1-2-3-4-5/h4,7-15H,3,5-6,27H2,1-2H3;7H,4-6H2,1-3H3;2-4H2,1H3. The van der Waals surface area contributed by atoms with Crippen LogP contribution in [0.2, 0.25) is 0 Å². The highest BCUT2D eigenvalue weighted by Crippen LogP contribution is 2.43. The van der Waals surface area contributed by atoms with Crippen LogP contribution >= 0.6 is 0 Å². The predicted octanol–water partition coefficient (Wildman–Crippen LogP) is 10.6. The minimum atomic E-state index is -0.336. The van der Waals surface area contributed by atoms with Gasteiger partial charge in [0.25, 0.3) is 0 Å². The van der Waals surface area contributed by atoms with Gasteiger partial charge in [-0.05, 0) is 84.6 Å². The van der Waals surface area contributed by atoms with E-state index in [1.165, 1.54) is 43.6 Å². The largest absolute Gasteiger partial charge is 0.493 e. The zero-order valence-corrected chi connectivity index (χ0v) is 25.5. The first-order chi connectivity index (χ1) is 19.3. The molecular formula is C36H49F2NO. The van der Waals surface area contributed by atoms with Crippen LogP contribution in [-0.4, -0.2) is 13.8 Å². The summed E-state index contributed by atoms with van der Waals surface area (Å²) in [4.78, 5) is 0. The van der Waals surface area contributed by atoms with E-state index in [0.29, 0.717) is 5.75 Å². The summed E-state index contributed by atoms with van der Waals surface area (Å²) in [7, 11) is 1.53. The van der Waals surface area contributed by atoms with Gasteiger partial charge in [-0.2, -0.15) is 0 Å². The Morgan fingerprint density at radius 1 is 0.925 bits per heavy atom. The second kappa shape index (κ2) is 17.5. The van der Waals surface area contributed by atoms with Crippen molar-refractivity contribution >= 4 is 16.8 Å². The number of alkyl halides is 1. The number of nitrogens with two attached hydrogens (primary N) is 1. The van der Waals surface area contributed by atoms with Crippen LogP contribution in [-0.2, 0) is 6.42 Å². The summed E-state index contributed by atoms with van der Waals surface area (Å²) in [5, 5.41) is 0. The van der Waals surface area contributed by atoms with Gasteiger partial charge >= 0.3 is 0 Å². The van der Waals surface area contributed by atoms with Crippen LogP contribution in [0.1, 0.15) is 100 Å². The molecule has 4 heteroatoms. The molecule has 0 aromatic heterocycles. The summed E-state index contributed by atoms with van der Waals surface area (Å²) >= 11 is 0. The first-order valence-electron chi connectivity index (χ1n) is 14.9. The fourth-order valence-electron chi connectivity index (χ4n) is 4.91. The van der Waals surface area contributed by atoms with Gasteiger partial charge in [-0.3, -0.25) is 4.39 Å². The maximum absolute atomic E-state index is 14.5. The number of halogens is 2. The highest BCUT2D eigenvalue weighted by molar-refractivity contribution is 6.01. The Bertz CT molecular complexity index is 1200. The van der Waals surface area contributed by atoms with Crippen LogP contribution in [0.5, 0.6) is 5.75 Å². The maximum Gasteiger partial charge on any atom is 0.165 e. The van der Waals surface area contributed by atoms with Gasteiger partial charge in [0.05, 0.1) is 13.8 Å². The number of allylic oxidation sites excluding steroid dienone is 1. The van der Waals surface area contributed by atoms with Crippen LogP contribution in [0.3, 0.4) is 0 Å². The fraction of sp³-hybridized carbons (Fsp3) is 0.444. The SMILES string of the molecule is CCCC(C)CC.CCCCF.COc1c(F)cccc1C1=C(c2ccc(C)cc2)c2ccc(N)cc2CCC1. The molecule has 3 aromatic carbocycles. The van der Waals surface area contributed by atoms with Crippen molar-refractivity contribution in [1.82, 2.24) is 0 Å². The van der Waals surface area contributed by atoms with E-state index in [9.17, 15) is 8.78 Å². The summed E-state index contributed by atoms with van der Waals surface area (Å²) in [5.74, 6) is 0.920. The molecule has 0 bridgehead atoms. The summed E-state index contributed by atoms with van der Waals surface area (Å²) in [5.41, 5.74) is 14.6. The number of anilines is 1. The fourth-order valence-corrected chi connectivity index (χ4v) is 4.91. The number of rotatable bonds is 8. The van der Waals surface area contributed by atoms with E-state index >= 15 is 0 Å². The molecule has 0 radical (unpaired) electrons. The highest BCUT2D eigenvalue weighted by atomic mass is 19.1. The van der Waals surface area contributed by atoms with Crippen molar-refractivity contribution in [2.75, 3.05) is 19.5 Å². The molecule has 218 valence electrons. The number of benzene rings is 3. The van der Waals surface area contributed by atoms with Gasteiger partial charge in [-0.25, -0.2) is 4.39 Å². The van der Waals surface area contributed by atoms with Crippen molar-refractivity contribution in [3.8, 4) is 5.75 Å². The number of para-hydroxylation sites is 1. The Morgan fingerprint density at radius 3 is 2.20 bits per heavy atom. The number of unbranched alkanes of at least 4 members (excludes halogenated alkanes) is 1. The van der Waals surface area contributed by atoms with E-state index in [0.717, 1.165) is 71.5 Å². The molecule has 2 N–H and O–H groups in total. The lowest BCUT2D eigenvalue weighted by atomic mass is 9.87. The number of hydrogen-bond donors (Lipinski definition) is 1. The third kappa shape index (κ3) is 9.50. The Labute approximate surface area is 241 Å². The van der Waals surface area contributed by atoms with Crippen molar-refractivity contribution in [3.63, 3.8) is 0 Å². The third-order valence-corrected chi connectivity index (χ3v) is 7.38. The lowest BCUT2D eigenvalue weighted by molar-refractivity contribution is 0.385. The smallest absolute Gasteiger partial charge is 0.165 e. The van der Waals surface area contributed by atoms with Crippen LogP contribution in [0.25, 0.3) is 11.1 Å². The molecule has 3 aromatic rings. The number of fused-ring (bicyclic) bond motifs is 1. The van der Waals surface area contributed by atoms with Gasteiger partial charge in [-0.1, -0.05) is 101 Å². The highest BCUT2D eigenvalue weighted by Gasteiger charge is 2.23. The lowest BCUT2D eigenvalue weighted by Gasteiger charge is -2.19. The summed E-state index contributed by atoms with van der Waals surface area (Å²) in [6.07, 6.45) is 8.53. The second-order valence-electron chi connectivity index (χ2n) is 10.7. The second-order valence-corrected chi connectivity index (χ2v) is 10.7. The zero-order valence-electron chi connectivity index (χ0n) is 25.5. The van der Waals surface area contributed by atoms with Gasteiger partial charge in [-0.15, -0.1) is 0 Å². The molecule has 1 atom stereocenters. The number of ether oxygens (including phenoxy) is 1. The molecule has 0 saturated carbocycles. The van der Waals surface area contributed by atoms with E-state index in [1.54, 1.807) is 6.07 Å². The minimum Gasteiger partial charge on any atom is -0.493 e. The molecule has 40 heavy (non-hydrogen) atoms. The average Bonchev–Trinajstić information content (AvgIpc) is 3.13. The molecule has 0 fully saturated rings. The molecule has 0 aliphatic heterocycles. The summed E-state index contributed by atoms with van der Waals surface area (Å²) < 4.78 is 30.9. The number of aryl methyl sites for hydroxylation is 2. The minimum absolute atomic E-state index is 0.156. The molecule has 1 aliphatic rings. The Morgan fingerprint density at radius 2 is 1.65 bits per heavy atom. The maximum atomic E-state index is 14.5. The first-order valence-corrected chi connectivity index (χ1v) is 14.9. The van der Waals surface area contributed by atoms with Crippen molar-refractivity contribution in [3.05, 3.63) is 94.3 Å². The molecule has 1 unspecified atom stereocenters. The van der Waals surface area contributed by atoms with Crippen LogP contribution in [0, 0.1) is 18.7 Å². The van der Waals surface area contributed by atoms with E-state index in [1.807, 2.05) is 19.1 Å². The topological polar surface area (TPSA) is 35.2 Å². The van der Waals surface area contributed by atoms with Gasteiger partial charge in [0.15, 0.2) is 11.6 Å². The van der Waals surface area contributed by atoms with E-state index < -0.39 is 0 Å². The van der Waals surface area contributed by atoms with E-state index in [4.69, 9.17) is 10.5 Å². The van der Waals surface area contributed by atoms with Gasteiger partial charge in [0.1, 0.15) is 0 Å². The van der Waals surface area contributed by atoms with E-state index in [-0.39, 0.29) is 12.5 Å². The number of methoxy groups -OCH3 is 1. The van der Waals surface area contributed by atoms with E-state index in [2.05, 4.69) is 64.1 Å². The normalized spacial score (nSPS) is 13.2. The van der Waals surface area contributed by atoms with Crippen molar-refractivity contribution < 1.29 is 13.5 Å².